The summed E-state index contributed by atoms with van der Waals surface area (Å²) in [5.74, 6) is 1.28. The van der Waals surface area contributed by atoms with Crippen molar-refractivity contribution < 1.29 is 14.3 Å². The number of carbonyl (C=O) groups excluding carboxylic acids is 1. The Morgan fingerprint density at radius 3 is 2.75 bits per heavy atom. The summed E-state index contributed by atoms with van der Waals surface area (Å²) in [4.78, 5) is 11.5. The third kappa shape index (κ3) is 3.70. The standard InChI is InChI=1S/C16H25NO3/c1-2-13(18)14-8-9-15(20-14)16(19)12(17)10-11-6-4-3-5-7-11/h8-9,11-12,16,19H,2-7,10,17H2,1H3. The molecule has 1 fully saturated rings. The molecule has 0 aliphatic heterocycles. The van der Waals surface area contributed by atoms with Crippen LogP contribution in [0.1, 0.15) is 74.3 Å². The lowest BCUT2D eigenvalue weighted by Gasteiger charge is -2.26. The number of ketones is 1. The van der Waals surface area contributed by atoms with Crippen LogP contribution < -0.4 is 5.73 Å². The van der Waals surface area contributed by atoms with E-state index in [0.29, 0.717) is 23.9 Å². The first-order valence-electron chi connectivity index (χ1n) is 7.68. The van der Waals surface area contributed by atoms with Crippen molar-refractivity contribution in [2.75, 3.05) is 0 Å². The van der Waals surface area contributed by atoms with Gasteiger partial charge in [0.1, 0.15) is 11.9 Å². The number of aliphatic hydroxyl groups is 1. The molecule has 1 aromatic heterocycles. The van der Waals surface area contributed by atoms with Gasteiger partial charge in [0.2, 0.25) is 0 Å². The van der Waals surface area contributed by atoms with Gasteiger partial charge in [-0.15, -0.1) is 0 Å². The molecule has 1 aliphatic carbocycles. The number of nitrogens with two attached hydrogens (primary N) is 1. The van der Waals surface area contributed by atoms with Gasteiger partial charge in [-0.1, -0.05) is 39.0 Å². The Morgan fingerprint density at radius 1 is 1.40 bits per heavy atom. The van der Waals surface area contributed by atoms with Crippen LogP contribution in [0.15, 0.2) is 16.5 Å². The molecule has 1 saturated carbocycles. The molecule has 2 atom stereocenters. The average molecular weight is 279 g/mol. The Morgan fingerprint density at radius 2 is 2.10 bits per heavy atom. The third-order valence-electron chi connectivity index (χ3n) is 4.25. The van der Waals surface area contributed by atoms with Crippen molar-refractivity contribution in [3.8, 4) is 0 Å². The molecule has 0 radical (unpaired) electrons. The van der Waals surface area contributed by atoms with Crippen LogP contribution in [0.25, 0.3) is 0 Å². The molecule has 1 aliphatic rings. The molecular weight excluding hydrogens is 254 g/mol. The van der Waals surface area contributed by atoms with E-state index >= 15 is 0 Å². The van der Waals surface area contributed by atoms with E-state index in [1.54, 1.807) is 19.1 Å². The fourth-order valence-electron chi connectivity index (χ4n) is 2.98. The molecule has 20 heavy (non-hydrogen) atoms. The number of carbonyl (C=O) groups is 1. The van der Waals surface area contributed by atoms with Crippen molar-refractivity contribution in [2.45, 2.75) is 64.0 Å². The highest BCUT2D eigenvalue weighted by molar-refractivity contribution is 5.93. The molecule has 1 heterocycles. The fourth-order valence-corrected chi connectivity index (χ4v) is 2.98. The van der Waals surface area contributed by atoms with Crippen LogP contribution in [0, 0.1) is 5.92 Å². The van der Waals surface area contributed by atoms with Gasteiger partial charge in [-0.25, -0.2) is 0 Å². The SMILES string of the molecule is CCC(=O)c1ccc(C(O)C(N)CC2CCCCC2)o1. The monoisotopic (exact) mass is 279 g/mol. The summed E-state index contributed by atoms with van der Waals surface area (Å²) in [7, 11) is 0. The maximum atomic E-state index is 11.5. The maximum Gasteiger partial charge on any atom is 0.197 e. The molecule has 2 unspecified atom stereocenters. The highest BCUT2D eigenvalue weighted by Gasteiger charge is 2.25. The predicted molar refractivity (Wildman–Crippen MR) is 77.5 cm³/mol. The second-order valence-corrected chi connectivity index (χ2v) is 5.83. The summed E-state index contributed by atoms with van der Waals surface area (Å²) in [6, 6.07) is 2.96. The first-order chi connectivity index (χ1) is 9.61. The minimum atomic E-state index is -0.824. The minimum Gasteiger partial charge on any atom is -0.455 e. The van der Waals surface area contributed by atoms with Crippen LogP contribution in [-0.4, -0.2) is 16.9 Å². The van der Waals surface area contributed by atoms with Crippen molar-refractivity contribution >= 4 is 5.78 Å². The Balaban J connectivity index is 1.93. The molecule has 2 rings (SSSR count). The zero-order valence-electron chi connectivity index (χ0n) is 12.2. The molecule has 0 aromatic carbocycles. The van der Waals surface area contributed by atoms with Crippen LogP contribution in [-0.2, 0) is 0 Å². The van der Waals surface area contributed by atoms with E-state index in [-0.39, 0.29) is 11.8 Å². The number of hydrogen-bond donors (Lipinski definition) is 2. The van der Waals surface area contributed by atoms with Gasteiger partial charge in [-0.2, -0.15) is 0 Å². The normalized spacial score (nSPS) is 19.8. The molecule has 1 aromatic rings. The van der Waals surface area contributed by atoms with Crippen LogP contribution >= 0.6 is 0 Å². The first kappa shape index (κ1) is 15.3. The molecule has 112 valence electrons. The summed E-state index contributed by atoms with van der Waals surface area (Å²) >= 11 is 0. The number of furan rings is 1. The van der Waals surface area contributed by atoms with E-state index < -0.39 is 6.10 Å². The van der Waals surface area contributed by atoms with Gasteiger partial charge in [0.05, 0.1) is 0 Å². The van der Waals surface area contributed by atoms with Crippen LogP contribution in [0.2, 0.25) is 0 Å². The number of aliphatic hydroxyl groups excluding tert-OH is 1. The molecule has 0 saturated heterocycles. The maximum absolute atomic E-state index is 11.5. The van der Waals surface area contributed by atoms with Crippen LogP contribution in [0.3, 0.4) is 0 Å². The molecule has 4 heteroatoms. The fraction of sp³-hybridized carbons (Fsp3) is 0.688. The first-order valence-corrected chi connectivity index (χ1v) is 7.68. The summed E-state index contributed by atoms with van der Waals surface area (Å²) in [6.07, 6.45) is 6.66. The van der Waals surface area contributed by atoms with Gasteiger partial charge in [-0.05, 0) is 24.5 Å². The van der Waals surface area contributed by atoms with Crippen molar-refractivity contribution in [1.82, 2.24) is 0 Å². The van der Waals surface area contributed by atoms with Gasteiger partial charge in [0.15, 0.2) is 11.5 Å². The minimum absolute atomic E-state index is 0.0516. The lowest BCUT2D eigenvalue weighted by Crippen LogP contribution is -2.31. The van der Waals surface area contributed by atoms with Crippen molar-refractivity contribution in [3.63, 3.8) is 0 Å². The van der Waals surface area contributed by atoms with E-state index in [1.165, 1.54) is 32.1 Å². The van der Waals surface area contributed by atoms with E-state index in [0.717, 1.165) is 6.42 Å². The van der Waals surface area contributed by atoms with Crippen molar-refractivity contribution in [1.29, 1.82) is 0 Å². The summed E-state index contributed by atoms with van der Waals surface area (Å²) < 4.78 is 5.43. The van der Waals surface area contributed by atoms with Crippen molar-refractivity contribution in [2.24, 2.45) is 11.7 Å². The number of hydrogen-bond acceptors (Lipinski definition) is 4. The zero-order chi connectivity index (χ0) is 14.5. The summed E-state index contributed by atoms with van der Waals surface area (Å²) in [5.41, 5.74) is 6.10. The van der Waals surface area contributed by atoms with Gasteiger partial charge in [-0.3, -0.25) is 4.79 Å². The highest BCUT2D eigenvalue weighted by Crippen LogP contribution is 2.30. The van der Waals surface area contributed by atoms with Crippen LogP contribution in [0.4, 0.5) is 0 Å². The van der Waals surface area contributed by atoms with Gasteiger partial charge in [0.25, 0.3) is 0 Å². The molecular formula is C16H25NO3. The molecule has 0 amide bonds. The topological polar surface area (TPSA) is 76.5 Å². The summed E-state index contributed by atoms with van der Waals surface area (Å²) in [6.45, 7) is 1.79. The zero-order valence-corrected chi connectivity index (χ0v) is 12.2. The van der Waals surface area contributed by atoms with Gasteiger partial charge in [0, 0.05) is 12.5 Å². The Kier molecular flexibility index (Phi) is 5.38. The Bertz CT molecular complexity index is 435. The quantitative estimate of drug-likeness (QED) is 0.784. The van der Waals surface area contributed by atoms with Gasteiger partial charge >= 0.3 is 0 Å². The van der Waals surface area contributed by atoms with E-state index in [2.05, 4.69) is 0 Å². The Labute approximate surface area is 120 Å². The molecule has 0 bridgehead atoms. The lowest BCUT2D eigenvalue weighted by molar-refractivity contribution is 0.0911. The second-order valence-electron chi connectivity index (χ2n) is 5.83. The number of Topliss-reactive ketones (excluding diaryl/α,β-unsaturated/α-hetero) is 1. The van der Waals surface area contributed by atoms with Crippen LogP contribution in [0.5, 0.6) is 0 Å². The van der Waals surface area contributed by atoms with Crippen molar-refractivity contribution in [3.05, 3.63) is 23.7 Å². The lowest BCUT2D eigenvalue weighted by atomic mass is 9.84. The van der Waals surface area contributed by atoms with E-state index in [4.69, 9.17) is 10.2 Å². The van der Waals surface area contributed by atoms with Gasteiger partial charge < -0.3 is 15.3 Å². The summed E-state index contributed by atoms with van der Waals surface area (Å²) in [5, 5.41) is 10.3. The highest BCUT2D eigenvalue weighted by atomic mass is 16.4. The Hall–Kier alpha value is -1.13. The smallest absolute Gasteiger partial charge is 0.197 e. The van der Waals surface area contributed by atoms with E-state index in [1.807, 2.05) is 0 Å². The molecule has 4 nitrogen and oxygen atoms in total. The largest absolute Gasteiger partial charge is 0.455 e. The predicted octanol–water partition coefficient (Wildman–Crippen LogP) is 3.20. The third-order valence-corrected chi connectivity index (χ3v) is 4.25. The second kappa shape index (κ2) is 7.04. The molecule has 3 N–H and O–H groups in total. The van der Waals surface area contributed by atoms with E-state index in [9.17, 15) is 9.90 Å². The average Bonchev–Trinajstić information content (AvgIpc) is 2.96. The number of rotatable bonds is 6. The molecule has 0 spiro atoms.